The van der Waals surface area contributed by atoms with Crippen LogP contribution in [0.2, 0.25) is 0 Å². The molecule has 1 fully saturated rings. The van der Waals surface area contributed by atoms with E-state index in [2.05, 4.69) is 15.5 Å². The van der Waals surface area contributed by atoms with Gasteiger partial charge in [0.25, 0.3) is 0 Å². The largest absolute Gasteiger partial charge is 0.344 e. The zero-order valence-corrected chi connectivity index (χ0v) is 15.7. The highest BCUT2D eigenvalue weighted by Gasteiger charge is 2.31. The molecule has 2 N–H and O–H groups in total. The number of nitrogens with zero attached hydrogens (tertiary/aromatic N) is 2. The van der Waals surface area contributed by atoms with Gasteiger partial charge in [0.1, 0.15) is 5.25 Å². The minimum absolute atomic E-state index is 0.146. The molecule has 0 spiro atoms. The Bertz CT molecular complexity index is 991. The van der Waals surface area contributed by atoms with Gasteiger partial charge in [-0.25, -0.2) is 9.89 Å². The second-order valence-electron chi connectivity index (χ2n) is 6.68. The van der Waals surface area contributed by atoms with Gasteiger partial charge in [0.2, 0.25) is 5.91 Å². The van der Waals surface area contributed by atoms with Crippen molar-refractivity contribution in [2.75, 3.05) is 5.32 Å². The second-order valence-corrected chi connectivity index (χ2v) is 7.75. The maximum absolute atomic E-state index is 13.0. The number of benzene rings is 2. The van der Waals surface area contributed by atoms with E-state index in [0.717, 1.165) is 29.7 Å². The predicted molar refractivity (Wildman–Crippen MR) is 106 cm³/mol. The molecule has 2 aromatic carbocycles. The Balaban J connectivity index is 1.62. The van der Waals surface area contributed by atoms with Gasteiger partial charge in [0.05, 0.1) is 0 Å². The van der Waals surface area contributed by atoms with Crippen molar-refractivity contribution in [3.8, 4) is 0 Å². The molecule has 138 valence electrons. The molecule has 4 rings (SSSR count). The Hall–Kier alpha value is -2.80. The number of hydrogen-bond donors (Lipinski definition) is 2. The van der Waals surface area contributed by atoms with Crippen LogP contribution in [0, 0.1) is 6.92 Å². The van der Waals surface area contributed by atoms with Crippen LogP contribution in [0.3, 0.4) is 0 Å². The first-order valence-corrected chi connectivity index (χ1v) is 9.76. The van der Waals surface area contributed by atoms with Gasteiger partial charge in [-0.1, -0.05) is 59.8 Å². The maximum atomic E-state index is 13.0. The molecule has 0 saturated heterocycles. The lowest BCUT2D eigenvalue weighted by atomic mass is 10.1. The second kappa shape index (κ2) is 7.44. The van der Waals surface area contributed by atoms with E-state index in [4.69, 9.17) is 0 Å². The molecule has 1 aromatic heterocycles. The number of carbonyl (C=O) groups excluding carboxylic acids is 1. The normalized spacial score (nSPS) is 14.7. The van der Waals surface area contributed by atoms with Crippen LogP contribution in [0.1, 0.15) is 35.3 Å². The molecule has 6 nitrogen and oxygen atoms in total. The molecule has 1 aliphatic rings. The number of anilines is 1. The first-order valence-electron chi connectivity index (χ1n) is 8.88. The summed E-state index contributed by atoms with van der Waals surface area (Å²) in [6, 6.07) is 17.4. The number of H-pyrrole nitrogens is 1. The summed E-state index contributed by atoms with van der Waals surface area (Å²) in [5.74, 6) is -0.146. The lowest BCUT2D eigenvalue weighted by molar-refractivity contribution is -0.115. The molecule has 1 atom stereocenters. The Kier molecular flexibility index (Phi) is 4.85. The zero-order valence-electron chi connectivity index (χ0n) is 14.9. The van der Waals surface area contributed by atoms with Crippen LogP contribution in [0.25, 0.3) is 0 Å². The van der Waals surface area contributed by atoms with Crippen molar-refractivity contribution < 1.29 is 4.79 Å². The van der Waals surface area contributed by atoms with Crippen LogP contribution in [-0.4, -0.2) is 20.7 Å². The fraction of sp³-hybridized carbons (Fsp3) is 0.250. The summed E-state index contributed by atoms with van der Waals surface area (Å²) >= 11 is 1.30. The van der Waals surface area contributed by atoms with Crippen LogP contribution in [0.5, 0.6) is 0 Å². The molecule has 1 heterocycles. The highest BCUT2D eigenvalue weighted by molar-refractivity contribution is 8.00. The maximum Gasteiger partial charge on any atom is 0.344 e. The van der Waals surface area contributed by atoms with Crippen LogP contribution in [0.4, 0.5) is 5.69 Å². The zero-order chi connectivity index (χ0) is 18.8. The molecular formula is C20H20N4O2S. The third kappa shape index (κ3) is 3.98. The average molecular weight is 380 g/mol. The molecule has 0 bridgehead atoms. The minimum atomic E-state index is -0.514. The van der Waals surface area contributed by atoms with E-state index in [0.29, 0.717) is 5.16 Å². The first-order chi connectivity index (χ1) is 13.1. The molecule has 7 heteroatoms. The van der Waals surface area contributed by atoms with Crippen molar-refractivity contribution in [2.24, 2.45) is 0 Å². The van der Waals surface area contributed by atoms with Gasteiger partial charge in [-0.15, -0.1) is 5.10 Å². The summed E-state index contributed by atoms with van der Waals surface area (Å²) in [6.07, 6.45) is 1.94. The summed E-state index contributed by atoms with van der Waals surface area (Å²) in [5, 5.41) is 9.68. The highest BCUT2D eigenvalue weighted by Crippen LogP contribution is 2.40. The van der Waals surface area contributed by atoms with Crippen LogP contribution in [0.15, 0.2) is 64.5 Å². The number of thioether (sulfide) groups is 1. The molecule has 1 saturated carbocycles. The molecule has 3 aromatic rings. The Morgan fingerprint density at radius 1 is 1.19 bits per heavy atom. The summed E-state index contributed by atoms with van der Waals surface area (Å²) in [7, 11) is 0. The van der Waals surface area contributed by atoms with Gasteiger partial charge in [0, 0.05) is 11.7 Å². The van der Waals surface area contributed by atoms with Crippen LogP contribution < -0.4 is 11.0 Å². The molecule has 0 aliphatic heterocycles. The minimum Gasteiger partial charge on any atom is -0.325 e. The van der Waals surface area contributed by atoms with Crippen LogP contribution >= 0.6 is 11.8 Å². The van der Waals surface area contributed by atoms with Crippen molar-refractivity contribution >= 4 is 23.4 Å². The van der Waals surface area contributed by atoms with E-state index >= 15 is 0 Å². The lowest BCUT2D eigenvalue weighted by Crippen LogP contribution is -2.21. The van der Waals surface area contributed by atoms with E-state index in [1.54, 1.807) is 4.57 Å². The number of amides is 1. The van der Waals surface area contributed by atoms with Gasteiger partial charge in [-0.2, -0.15) is 0 Å². The summed E-state index contributed by atoms with van der Waals surface area (Å²) in [6.45, 7) is 2.00. The molecule has 0 radical (unpaired) electrons. The van der Waals surface area contributed by atoms with Crippen molar-refractivity contribution in [3.05, 3.63) is 76.2 Å². The van der Waals surface area contributed by atoms with E-state index in [-0.39, 0.29) is 17.6 Å². The fourth-order valence-corrected chi connectivity index (χ4v) is 3.99. The molecule has 27 heavy (non-hydrogen) atoms. The summed E-state index contributed by atoms with van der Waals surface area (Å²) in [5.41, 5.74) is 2.52. The number of aromatic nitrogens is 3. The SMILES string of the molecule is Cc1ccc(NC(=O)[C@@H](Sc2n[nH]c(=O)n2C2CC2)c2ccccc2)cc1. The smallest absolute Gasteiger partial charge is 0.325 e. The van der Waals surface area contributed by atoms with Gasteiger partial charge < -0.3 is 5.32 Å². The number of carbonyl (C=O) groups is 1. The molecule has 0 unspecified atom stereocenters. The molecule has 1 amide bonds. The van der Waals surface area contributed by atoms with E-state index in [9.17, 15) is 9.59 Å². The van der Waals surface area contributed by atoms with E-state index in [1.165, 1.54) is 11.8 Å². The molecular weight excluding hydrogens is 360 g/mol. The van der Waals surface area contributed by atoms with Crippen molar-refractivity contribution in [1.29, 1.82) is 0 Å². The predicted octanol–water partition coefficient (Wildman–Crippen LogP) is 3.69. The number of rotatable bonds is 6. The number of hydrogen-bond acceptors (Lipinski definition) is 4. The fourth-order valence-electron chi connectivity index (χ4n) is 2.88. The Morgan fingerprint density at radius 3 is 2.56 bits per heavy atom. The first kappa shape index (κ1) is 17.6. The third-order valence-electron chi connectivity index (χ3n) is 4.47. The van der Waals surface area contributed by atoms with Gasteiger partial charge in [-0.3, -0.25) is 9.36 Å². The van der Waals surface area contributed by atoms with Crippen molar-refractivity contribution in [1.82, 2.24) is 14.8 Å². The summed E-state index contributed by atoms with van der Waals surface area (Å²) in [4.78, 5) is 25.1. The van der Waals surface area contributed by atoms with E-state index < -0.39 is 5.25 Å². The van der Waals surface area contributed by atoms with Crippen molar-refractivity contribution in [3.63, 3.8) is 0 Å². The van der Waals surface area contributed by atoms with Crippen molar-refractivity contribution in [2.45, 2.75) is 36.2 Å². The molecule has 1 aliphatic carbocycles. The Morgan fingerprint density at radius 2 is 1.89 bits per heavy atom. The summed E-state index contributed by atoms with van der Waals surface area (Å²) < 4.78 is 1.67. The van der Waals surface area contributed by atoms with Crippen LogP contribution in [-0.2, 0) is 4.79 Å². The van der Waals surface area contributed by atoms with Gasteiger partial charge in [0.15, 0.2) is 5.16 Å². The highest BCUT2D eigenvalue weighted by atomic mass is 32.2. The topological polar surface area (TPSA) is 79.8 Å². The lowest BCUT2D eigenvalue weighted by Gasteiger charge is -2.17. The van der Waals surface area contributed by atoms with Gasteiger partial charge >= 0.3 is 5.69 Å². The van der Waals surface area contributed by atoms with Gasteiger partial charge in [-0.05, 0) is 37.5 Å². The monoisotopic (exact) mass is 380 g/mol. The number of nitrogens with one attached hydrogen (secondary N) is 2. The van der Waals surface area contributed by atoms with E-state index in [1.807, 2.05) is 61.5 Å². The number of aromatic amines is 1. The Labute approximate surface area is 161 Å². The standard InChI is InChI=1S/C20H20N4O2S/c1-13-7-9-15(10-8-13)21-18(25)17(14-5-3-2-4-6-14)27-20-23-22-19(26)24(20)16-11-12-16/h2-10,16-17H,11-12H2,1H3,(H,21,25)(H,22,26)/t17-/m0/s1. The quantitative estimate of drug-likeness (QED) is 0.639. The average Bonchev–Trinajstić information content (AvgIpc) is 3.45. The third-order valence-corrected chi connectivity index (χ3v) is 5.69. The number of aryl methyl sites for hydroxylation is 1.